The second-order valence-corrected chi connectivity index (χ2v) is 6.82. The van der Waals surface area contributed by atoms with Crippen LogP contribution >= 0.6 is 11.3 Å². The Bertz CT molecular complexity index is 595. The second-order valence-electron chi connectivity index (χ2n) is 5.71. The summed E-state index contributed by atoms with van der Waals surface area (Å²) < 4.78 is 0. The Labute approximate surface area is 118 Å². The summed E-state index contributed by atoms with van der Waals surface area (Å²) in [6.07, 6.45) is 4.92. The third-order valence-corrected chi connectivity index (χ3v) is 5.06. The highest BCUT2D eigenvalue weighted by Gasteiger charge is 2.27. The number of hydrogen-bond donors (Lipinski definition) is 1. The molecule has 1 unspecified atom stereocenters. The maximum absolute atomic E-state index is 10.9. The lowest BCUT2D eigenvalue weighted by Gasteiger charge is -2.26. The van der Waals surface area contributed by atoms with Crippen molar-refractivity contribution >= 4 is 11.3 Å². The second kappa shape index (κ2) is 4.77. The van der Waals surface area contributed by atoms with Gasteiger partial charge in [-0.15, -0.1) is 11.3 Å². The standard InChI is InChI=1S/C17H20OS/c1-12-9-16(11-19-12)17(2,18)15-8-7-13-5-3-4-6-14(13)10-15/h7-11,18H,3-6H2,1-2H3. The highest BCUT2D eigenvalue weighted by molar-refractivity contribution is 7.10. The van der Waals surface area contributed by atoms with Crippen LogP contribution in [0.5, 0.6) is 0 Å². The van der Waals surface area contributed by atoms with E-state index in [4.69, 9.17) is 0 Å². The molecule has 1 aromatic heterocycles. The van der Waals surface area contributed by atoms with E-state index in [1.165, 1.54) is 35.3 Å². The average molecular weight is 272 g/mol. The molecule has 100 valence electrons. The number of aryl methyl sites for hydroxylation is 3. The summed E-state index contributed by atoms with van der Waals surface area (Å²) in [5, 5.41) is 12.9. The molecular formula is C17H20OS. The molecule has 1 atom stereocenters. The van der Waals surface area contributed by atoms with E-state index >= 15 is 0 Å². The minimum absolute atomic E-state index is 0.878. The van der Waals surface area contributed by atoms with Crippen LogP contribution in [0.25, 0.3) is 0 Å². The Balaban J connectivity index is 2.01. The van der Waals surface area contributed by atoms with Crippen LogP contribution in [0.1, 0.15) is 46.9 Å². The van der Waals surface area contributed by atoms with Gasteiger partial charge in [-0.05, 0) is 73.2 Å². The van der Waals surface area contributed by atoms with Gasteiger partial charge in [-0.3, -0.25) is 0 Å². The van der Waals surface area contributed by atoms with E-state index in [2.05, 4.69) is 36.6 Å². The molecule has 0 saturated carbocycles. The first-order valence-electron chi connectivity index (χ1n) is 6.97. The van der Waals surface area contributed by atoms with E-state index in [0.29, 0.717) is 0 Å². The van der Waals surface area contributed by atoms with Crippen molar-refractivity contribution in [3.05, 3.63) is 56.8 Å². The zero-order valence-corrected chi connectivity index (χ0v) is 12.4. The molecule has 1 aliphatic rings. The molecule has 19 heavy (non-hydrogen) atoms. The highest BCUT2D eigenvalue weighted by Crippen LogP contribution is 2.34. The van der Waals surface area contributed by atoms with Crippen molar-refractivity contribution < 1.29 is 5.11 Å². The van der Waals surface area contributed by atoms with E-state index in [1.807, 2.05) is 6.92 Å². The van der Waals surface area contributed by atoms with Gasteiger partial charge in [0.15, 0.2) is 0 Å². The summed E-state index contributed by atoms with van der Waals surface area (Å²) in [6.45, 7) is 3.98. The Hall–Kier alpha value is -1.12. The SMILES string of the molecule is Cc1cc(C(C)(O)c2ccc3c(c2)CCCC3)cs1. The largest absolute Gasteiger partial charge is 0.381 e. The average Bonchev–Trinajstić information content (AvgIpc) is 2.85. The normalized spacial score (nSPS) is 17.8. The molecule has 1 heterocycles. The predicted molar refractivity (Wildman–Crippen MR) is 80.8 cm³/mol. The van der Waals surface area contributed by atoms with Crippen LogP contribution in [0.4, 0.5) is 0 Å². The molecule has 1 N–H and O–H groups in total. The van der Waals surface area contributed by atoms with Gasteiger partial charge in [0.25, 0.3) is 0 Å². The quantitative estimate of drug-likeness (QED) is 0.869. The smallest absolute Gasteiger partial charge is 0.113 e. The number of hydrogen-bond acceptors (Lipinski definition) is 2. The van der Waals surface area contributed by atoms with Crippen LogP contribution in [-0.4, -0.2) is 5.11 Å². The fraction of sp³-hybridized carbons (Fsp3) is 0.412. The van der Waals surface area contributed by atoms with Gasteiger partial charge in [0.1, 0.15) is 5.60 Å². The number of benzene rings is 1. The Morgan fingerprint density at radius 1 is 1.05 bits per heavy atom. The summed E-state index contributed by atoms with van der Waals surface area (Å²) in [5.74, 6) is 0. The molecule has 0 spiro atoms. The molecule has 2 aromatic rings. The number of rotatable bonds is 2. The zero-order valence-electron chi connectivity index (χ0n) is 11.6. The lowest BCUT2D eigenvalue weighted by molar-refractivity contribution is 0.103. The van der Waals surface area contributed by atoms with Crippen LogP contribution < -0.4 is 0 Å². The summed E-state index contributed by atoms with van der Waals surface area (Å²) in [5.41, 5.74) is 4.04. The summed E-state index contributed by atoms with van der Waals surface area (Å²) in [4.78, 5) is 1.24. The van der Waals surface area contributed by atoms with Crippen molar-refractivity contribution in [3.8, 4) is 0 Å². The molecule has 3 rings (SSSR count). The van der Waals surface area contributed by atoms with Gasteiger partial charge in [-0.2, -0.15) is 0 Å². The molecule has 0 saturated heterocycles. The van der Waals surface area contributed by atoms with Crippen LogP contribution in [0.2, 0.25) is 0 Å². The Kier molecular flexibility index (Phi) is 3.23. The lowest BCUT2D eigenvalue weighted by Crippen LogP contribution is -2.22. The molecule has 0 aliphatic heterocycles. The zero-order chi connectivity index (χ0) is 13.5. The molecule has 2 heteroatoms. The molecule has 0 fully saturated rings. The van der Waals surface area contributed by atoms with Crippen molar-refractivity contribution in [2.45, 2.75) is 45.1 Å². The van der Waals surface area contributed by atoms with Gasteiger partial charge in [0.05, 0.1) is 0 Å². The molecular weight excluding hydrogens is 252 g/mol. The fourth-order valence-corrected chi connectivity index (χ4v) is 3.71. The first-order chi connectivity index (χ1) is 9.07. The monoisotopic (exact) mass is 272 g/mol. The Morgan fingerprint density at radius 3 is 2.47 bits per heavy atom. The van der Waals surface area contributed by atoms with E-state index in [-0.39, 0.29) is 0 Å². The first-order valence-corrected chi connectivity index (χ1v) is 7.85. The minimum Gasteiger partial charge on any atom is -0.381 e. The molecule has 0 bridgehead atoms. The first kappa shape index (κ1) is 12.9. The van der Waals surface area contributed by atoms with Gasteiger partial charge in [-0.25, -0.2) is 0 Å². The molecule has 1 aliphatic carbocycles. The van der Waals surface area contributed by atoms with Crippen molar-refractivity contribution in [1.29, 1.82) is 0 Å². The third-order valence-electron chi connectivity index (χ3n) is 4.20. The Morgan fingerprint density at radius 2 is 1.79 bits per heavy atom. The van der Waals surface area contributed by atoms with E-state index in [1.54, 1.807) is 11.3 Å². The van der Waals surface area contributed by atoms with E-state index in [9.17, 15) is 5.11 Å². The highest BCUT2D eigenvalue weighted by atomic mass is 32.1. The minimum atomic E-state index is -0.878. The van der Waals surface area contributed by atoms with Crippen molar-refractivity contribution in [1.82, 2.24) is 0 Å². The van der Waals surface area contributed by atoms with Gasteiger partial charge < -0.3 is 5.11 Å². The van der Waals surface area contributed by atoms with Gasteiger partial charge in [0, 0.05) is 4.88 Å². The van der Waals surface area contributed by atoms with Crippen molar-refractivity contribution in [2.75, 3.05) is 0 Å². The van der Waals surface area contributed by atoms with Gasteiger partial charge in [0.2, 0.25) is 0 Å². The van der Waals surface area contributed by atoms with Crippen LogP contribution in [0, 0.1) is 6.92 Å². The number of aliphatic hydroxyl groups is 1. The fourth-order valence-electron chi connectivity index (χ4n) is 2.90. The van der Waals surface area contributed by atoms with Gasteiger partial charge >= 0.3 is 0 Å². The maximum atomic E-state index is 10.9. The molecule has 1 aromatic carbocycles. The summed E-state index contributed by atoms with van der Waals surface area (Å²) in [6, 6.07) is 8.60. The molecule has 1 nitrogen and oxygen atoms in total. The van der Waals surface area contributed by atoms with Crippen LogP contribution in [0.3, 0.4) is 0 Å². The van der Waals surface area contributed by atoms with Crippen molar-refractivity contribution in [2.24, 2.45) is 0 Å². The van der Waals surface area contributed by atoms with Crippen molar-refractivity contribution in [3.63, 3.8) is 0 Å². The molecule has 0 amide bonds. The number of thiophene rings is 1. The maximum Gasteiger partial charge on any atom is 0.113 e. The third kappa shape index (κ3) is 2.35. The van der Waals surface area contributed by atoms with Crippen LogP contribution in [0.15, 0.2) is 29.6 Å². The van der Waals surface area contributed by atoms with E-state index < -0.39 is 5.60 Å². The van der Waals surface area contributed by atoms with E-state index in [0.717, 1.165) is 17.5 Å². The predicted octanol–water partition coefficient (Wildman–Crippen LogP) is 4.19. The summed E-state index contributed by atoms with van der Waals surface area (Å²) in [7, 11) is 0. The number of fused-ring (bicyclic) bond motifs is 1. The summed E-state index contributed by atoms with van der Waals surface area (Å²) >= 11 is 1.69. The van der Waals surface area contributed by atoms with Crippen LogP contribution in [-0.2, 0) is 18.4 Å². The lowest BCUT2D eigenvalue weighted by atomic mass is 9.84. The topological polar surface area (TPSA) is 20.2 Å². The van der Waals surface area contributed by atoms with Gasteiger partial charge in [-0.1, -0.05) is 18.2 Å². The molecule has 0 radical (unpaired) electrons.